The average Bonchev–Trinajstić information content (AvgIpc) is 2.47. The van der Waals surface area contributed by atoms with Gasteiger partial charge in [-0.25, -0.2) is 9.97 Å². The van der Waals surface area contributed by atoms with Crippen molar-refractivity contribution in [2.75, 3.05) is 11.9 Å². The molecule has 114 valence electrons. The molecule has 2 rings (SSSR count). The second-order valence-electron chi connectivity index (χ2n) is 4.83. The molecule has 0 aliphatic carbocycles. The number of carbonyl (C=O) groups is 1. The van der Waals surface area contributed by atoms with Gasteiger partial charge in [0.1, 0.15) is 5.69 Å². The molecule has 0 atom stereocenters. The molecule has 1 aromatic carbocycles. The molecule has 2 aromatic rings. The van der Waals surface area contributed by atoms with Crippen molar-refractivity contribution >= 4 is 33.5 Å². The molecule has 2 N–H and O–H groups in total. The second-order valence-corrected chi connectivity index (χ2v) is 5.68. The molecule has 0 spiro atoms. The number of benzene rings is 1. The topological polar surface area (TPSA) is 66.9 Å². The maximum atomic E-state index is 12.0. The Morgan fingerprint density at radius 1 is 1.32 bits per heavy atom. The molecule has 1 amide bonds. The van der Waals surface area contributed by atoms with Crippen LogP contribution < -0.4 is 10.6 Å². The minimum Gasteiger partial charge on any atom is -0.347 e. The number of nitrogens with zero attached hydrogens (tertiary/aromatic N) is 2. The third-order valence-electron chi connectivity index (χ3n) is 2.86. The van der Waals surface area contributed by atoms with Crippen molar-refractivity contribution in [3.63, 3.8) is 0 Å². The molecular formula is C16H17BrN4O. The van der Waals surface area contributed by atoms with Gasteiger partial charge < -0.3 is 10.6 Å². The SMILES string of the molecule is C=CCNC(=O)c1cc(C)nc(Nc2ccc(C)cc2Br)n1. The van der Waals surface area contributed by atoms with Gasteiger partial charge in [-0.1, -0.05) is 12.1 Å². The molecule has 0 aliphatic heterocycles. The average molecular weight is 361 g/mol. The van der Waals surface area contributed by atoms with Crippen LogP contribution in [0.25, 0.3) is 0 Å². The van der Waals surface area contributed by atoms with E-state index >= 15 is 0 Å². The quantitative estimate of drug-likeness (QED) is 0.800. The zero-order chi connectivity index (χ0) is 16.1. The zero-order valence-electron chi connectivity index (χ0n) is 12.5. The van der Waals surface area contributed by atoms with Crippen LogP contribution in [0.3, 0.4) is 0 Å². The normalized spacial score (nSPS) is 10.1. The van der Waals surface area contributed by atoms with Gasteiger partial charge in [-0.15, -0.1) is 6.58 Å². The van der Waals surface area contributed by atoms with E-state index in [0.717, 1.165) is 15.7 Å². The minimum atomic E-state index is -0.253. The van der Waals surface area contributed by atoms with Crippen molar-refractivity contribution in [1.82, 2.24) is 15.3 Å². The van der Waals surface area contributed by atoms with Crippen LogP contribution in [0.15, 0.2) is 41.4 Å². The maximum absolute atomic E-state index is 12.0. The predicted octanol–water partition coefficient (Wildman–Crippen LogP) is 3.52. The summed E-state index contributed by atoms with van der Waals surface area (Å²) in [6.45, 7) is 7.80. The Kier molecular flexibility index (Phi) is 5.27. The molecule has 0 bridgehead atoms. The Hall–Kier alpha value is -2.21. The molecule has 0 radical (unpaired) electrons. The molecule has 0 unspecified atom stereocenters. The van der Waals surface area contributed by atoms with E-state index in [4.69, 9.17) is 0 Å². The summed E-state index contributed by atoms with van der Waals surface area (Å²) in [6.07, 6.45) is 1.62. The lowest BCUT2D eigenvalue weighted by atomic mass is 10.2. The van der Waals surface area contributed by atoms with E-state index in [1.165, 1.54) is 0 Å². The van der Waals surface area contributed by atoms with Gasteiger partial charge in [0.15, 0.2) is 0 Å². The Bertz CT molecular complexity index is 715. The van der Waals surface area contributed by atoms with Gasteiger partial charge in [-0.3, -0.25) is 4.79 Å². The summed E-state index contributed by atoms with van der Waals surface area (Å²) in [5.74, 6) is 0.129. The van der Waals surface area contributed by atoms with E-state index < -0.39 is 0 Å². The number of hydrogen-bond acceptors (Lipinski definition) is 4. The van der Waals surface area contributed by atoms with Crippen LogP contribution in [-0.2, 0) is 0 Å². The highest BCUT2D eigenvalue weighted by atomic mass is 79.9. The van der Waals surface area contributed by atoms with Gasteiger partial charge in [0.25, 0.3) is 5.91 Å². The highest BCUT2D eigenvalue weighted by Gasteiger charge is 2.10. The monoisotopic (exact) mass is 360 g/mol. The van der Waals surface area contributed by atoms with Crippen molar-refractivity contribution in [1.29, 1.82) is 0 Å². The lowest BCUT2D eigenvalue weighted by molar-refractivity contribution is 0.0953. The number of nitrogens with one attached hydrogen (secondary N) is 2. The van der Waals surface area contributed by atoms with Crippen LogP contribution in [0.1, 0.15) is 21.7 Å². The smallest absolute Gasteiger partial charge is 0.270 e. The second kappa shape index (κ2) is 7.17. The first-order chi connectivity index (χ1) is 10.5. The summed E-state index contributed by atoms with van der Waals surface area (Å²) in [7, 11) is 0. The van der Waals surface area contributed by atoms with Crippen LogP contribution in [0.4, 0.5) is 11.6 Å². The number of hydrogen-bond donors (Lipinski definition) is 2. The number of amides is 1. The predicted molar refractivity (Wildman–Crippen MR) is 91.5 cm³/mol. The van der Waals surface area contributed by atoms with Crippen molar-refractivity contribution in [2.45, 2.75) is 13.8 Å². The summed E-state index contributed by atoms with van der Waals surface area (Å²) in [4.78, 5) is 20.6. The molecule has 22 heavy (non-hydrogen) atoms. The van der Waals surface area contributed by atoms with Crippen LogP contribution in [0, 0.1) is 13.8 Å². The molecule has 1 heterocycles. The van der Waals surface area contributed by atoms with Crippen molar-refractivity contribution < 1.29 is 4.79 Å². The van der Waals surface area contributed by atoms with Crippen LogP contribution in [0.2, 0.25) is 0 Å². The van der Waals surface area contributed by atoms with E-state index in [9.17, 15) is 4.79 Å². The fourth-order valence-corrected chi connectivity index (χ4v) is 2.43. The van der Waals surface area contributed by atoms with Crippen molar-refractivity contribution in [3.8, 4) is 0 Å². The summed E-state index contributed by atoms with van der Waals surface area (Å²) < 4.78 is 0.912. The molecule has 5 nitrogen and oxygen atoms in total. The number of carbonyl (C=O) groups excluding carboxylic acids is 1. The number of anilines is 2. The van der Waals surface area contributed by atoms with E-state index in [1.54, 1.807) is 12.1 Å². The number of rotatable bonds is 5. The Morgan fingerprint density at radius 2 is 2.09 bits per heavy atom. The molecule has 1 aromatic heterocycles. The summed E-state index contributed by atoms with van der Waals surface area (Å²) >= 11 is 3.50. The van der Waals surface area contributed by atoms with E-state index in [-0.39, 0.29) is 5.91 Å². The largest absolute Gasteiger partial charge is 0.347 e. The molecule has 0 saturated heterocycles. The minimum absolute atomic E-state index is 0.253. The molecule has 0 fully saturated rings. The van der Waals surface area contributed by atoms with Gasteiger partial charge >= 0.3 is 0 Å². The Morgan fingerprint density at radius 3 is 2.77 bits per heavy atom. The van der Waals surface area contributed by atoms with Gasteiger partial charge in [0, 0.05) is 16.7 Å². The summed E-state index contributed by atoms with van der Waals surface area (Å²) in [6, 6.07) is 7.56. The van der Waals surface area contributed by atoms with Crippen LogP contribution >= 0.6 is 15.9 Å². The Labute approximate surface area is 138 Å². The molecular weight excluding hydrogens is 344 g/mol. The first-order valence-corrected chi connectivity index (χ1v) is 7.57. The lowest BCUT2D eigenvalue weighted by Gasteiger charge is -2.10. The standard InChI is InChI=1S/C16H17BrN4O/c1-4-7-18-15(22)14-9-11(3)19-16(21-14)20-13-6-5-10(2)8-12(13)17/h4-6,8-9H,1,7H2,2-3H3,(H,18,22)(H,19,20,21). The van der Waals surface area contributed by atoms with E-state index in [1.807, 2.05) is 32.0 Å². The van der Waals surface area contributed by atoms with Crippen molar-refractivity contribution in [2.24, 2.45) is 0 Å². The first-order valence-electron chi connectivity index (χ1n) is 6.77. The molecule has 0 saturated carbocycles. The van der Waals surface area contributed by atoms with Crippen molar-refractivity contribution in [3.05, 3.63) is 58.3 Å². The highest BCUT2D eigenvalue weighted by molar-refractivity contribution is 9.10. The molecule has 6 heteroatoms. The van der Waals surface area contributed by atoms with Gasteiger partial charge in [0.2, 0.25) is 5.95 Å². The molecule has 0 aliphatic rings. The summed E-state index contributed by atoms with van der Waals surface area (Å²) in [5, 5.41) is 5.82. The van der Waals surface area contributed by atoms with Crippen LogP contribution in [-0.4, -0.2) is 22.4 Å². The summed E-state index contributed by atoms with van der Waals surface area (Å²) in [5.41, 5.74) is 3.02. The number of aromatic nitrogens is 2. The first kappa shape index (κ1) is 16.2. The van der Waals surface area contributed by atoms with E-state index in [0.29, 0.717) is 23.9 Å². The fraction of sp³-hybridized carbons (Fsp3) is 0.188. The van der Waals surface area contributed by atoms with Gasteiger partial charge in [-0.05, 0) is 53.5 Å². The maximum Gasteiger partial charge on any atom is 0.270 e. The fourth-order valence-electron chi connectivity index (χ4n) is 1.84. The van der Waals surface area contributed by atoms with Gasteiger partial charge in [-0.2, -0.15) is 0 Å². The van der Waals surface area contributed by atoms with Crippen LogP contribution in [0.5, 0.6) is 0 Å². The van der Waals surface area contributed by atoms with Gasteiger partial charge in [0.05, 0.1) is 5.69 Å². The third kappa shape index (κ3) is 4.14. The van der Waals surface area contributed by atoms with E-state index in [2.05, 4.69) is 43.1 Å². The third-order valence-corrected chi connectivity index (χ3v) is 3.52. The highest BCUT2D eigenvalue weighted by Crippen LogP contribution is 2.25. The number of aryl methyl sites for hydroxylation is 2. The Balaban J connectivity index is 2.26. The number of halogens is 1. The zero-order valence-corrected chi connectivity index (χ0v) is 14.1. The lowest BCUT2D eigenvalue weighted by Crippen LogP contribution is -2.24.